The molecule has 1 N–H and O–H groups in total. The van der Waals surface area contributed by atoms with Crippen LogP contribution in [0.1, 0.15) is 24.0 Å². The van der Waals surface area contributed by atoms with Crippen molar-refractivity contribution in [1.29, 1.82) is 0 Å². The van der Waals surface area contributed by atoms with Crippen molar-refractivity contribution in [1.82, 2.24) is 5.32 Å². The molecule has 0 aliphatic carbocycles. The molecule has 0 radical (unpaired) electrons. The summed E-state index contributed by atoms with van der Waals surface area (Å²) in [6.07, 6.45) is 1.63. The lowest BCUT2D eigenvalue weighted by Gasteiger charge is -2.37. The van der Waals surface area contributed by atoms with Gasteiger partial charge in [0, 0.05) is 12.8 Å². The lowest BCUT2D eigenvalue weighted by atomic mass is 9.84. The molecule has 0 spiro atoms. The molecule has 1 aromatic rings. The molecule has 1 saturated heterocycles. The van der Waals surface area contributed by atoms with Crippen LogP contribution in [0.15, 0.2) is 24.3 Å². The van der Waals surface area contributed by atoms with Crippen molar-refractivity contribution in [2.45, 2.75) is 25.4 Å². The van der Waals surface area contributed by atoms with Gasteiger partial charge in [0.2, 0.25) is 0 Å². The van der Waals surface area contributed by atoms with Gasteiger partial charge in [-0.3, -0.25) is 4.79 Å². The first-order chi connectivity index (χ1) is 8.66. The summed E-state index contributed by atoms with van der Waals surface area (Å²) in [5.41, 5.74) is 1.83. The second kappa shape index (κ2) is 5.76. The van der Waals surface area contributed by atoms with Gasteiger partial charge < -0.3 is 10.1 Å². The van der Waals surface area contributed by atoms with Gasteiger partial charge in [0.05, 0.1) is 5.75 Å². The number of carbonyl (C=O) groups excluding carboxylic acids is 1. The number of nitrogens with one attached hydrogen (secondary N) is 1. The Morgan fingerprint density at radius 1 is 1.33 bits per heavy atom. The van der Waals surface area contributed by atoms with Crippen LogP contribution in [0.5, 0.6) is 0 Å². The molecular weight excluding hydrogens is 246 g/mol. The van der Waals surface area contributed by atoms with Crippen LogP contribution < -0.4 is 5.32 Å². The number of carbonyl (C=O) groups is 1. The van der Waals surface area contributed by atoms with E-state index in [0.29, 0.717) is 0 Å². The highest BCUT2D eigenvalue weighted by atomic mass is 32.1. The summed E-state index contributed by atoms with van der Waals surface area (Å²) >= 11 is 3.99. The Hall–Kier alpha value is -1.00. The van der Waals surface area contributed by atoms with Gasteiger partial charge in [0.1, 0.15) is 5.60 Å². The monoisotopic (exact) mass is 265 g/mol. The van der Waals surface area contributed by atoms with Crippen molar-refractivity contribution in [3.63, 3.8) is 0 Å². The largest absolute Gasteiger partial charge is 0.453 e. The third kappa shape index (κ3) is 2.87. The molecule has 1 heterocycles. The molecule has 0 amide bonds. The van der Waals surface area contributed by atoms with Crippen LogP contribution in [0, 0.1) is 6.92 Å². The van der Waals surface area contributed by atoms with Crippen molar-refractivity contribution in [3.8, 4) is 0 Å². The minimum atomic E-state index is -0.473. The van der Waals surface area contributed by atoms with Gasteiger partial charge in [-0.2, -0.15) is 12.6 Å². The number of ether oxygens (including phenoxy) is 1. The highest BCUT2D eigenvalue weighted by Gasteiger charge is 2.37. The number of rotatable bonds is 3. The van der Waals surface area contributed by atoms with Crippen LogP contribution in [0.25, 0.3) is 0 Å². The van der Waals surface area contributed by atoms with Crippen molar-refractivity contribution in [2.75, 3.05) is 18.8 Å². The first-order valence-electron chi connectivity index (χ1n) is 6.27. The molecule has 1 aliphatic heterocycles. The van der Waals surface area contributed by atoms with Gasteiger partial charge in [-0.25, -0.2) is 0 Å². The van der Waals surface area contributed by atoms with Crippen molar-refractivity contribution in [2.24, 2.45) is 0 Å². The van der Waals surface area contributed by atoms with Crippen molar-refractivity contribution >= 4 is 18.6 Å². The summed E-state index contributed by atoms with van der Waals surface area (Å²) in [4.78, 5) is 11.6. The number of benzene rings is 1. The number of thiol groups is 1. The Labute approximate surface area is 113 Å². The maximum Gasteiger partial charge on any atom is 0.316 e. The van der Waals surface area contributed by atoms with E-state index in [-0.39, 0.29) is 11.7 Å². The number of hydrogen-bond donors (Lipinski definition) is 2. The molecule has 1 aliphatic rings. The van der Waals surface area contributed by atoms with Crippen molar-refractivity contribution in [3.05, 3.63) is 35.4 Å². The van der Waals surface area contributed by atoms with Gasteiger partial charge in [0.25, 0.3) is 0 Å². The molecule has 18 heavy (non-hydrogen) atoms. The predicted molar refractivity (Wildman–Crippen MR) is 74.9 cm³/mol. The first kappa shape index (κ1) is 13.4. The Kier molecular flexibility index (Phi) is 4.30. The third-order valence-corrected chi connectivity index (χ3v) is 3.69. The maximum absolute atomic E-state index is 11.6. The molecule has 0 bridgehead atoms. The first-order valence-corrected chi connectivity index (χ1v) is 6.90. The SMILES string of the molecule is Cc1ccc(C2(OC(=O)CS)CCNCC2)cc1. The molecule has 98 valence electrons. The molecule has 3 nitrogen and oxygen atoms in total. The number of aryl methyl sites for hydroxylation is 1. The van der Waals surface area contributed by atoms with Gasteiger partial charge in [0.15, 0.2) is 0 Å². The number of esters is 1. The van der Waals surface area contributed by atoms with Gasteiger partial charge >= 0.3 is 5.97 Å². The minimum absolute atomic E-state index is 0.126. The molecule has 0 aromatic heterocycles. The van der Waals surface area contributed by atoms with Gasteiger partial charge in [-0.15, -0.1) is 0 Å². The van der Waals surface area contributed by atoms with Crippen LogP contribution in [0.3, 0.4) is 0 Å². The average Bonchev–Trinajstić information content (AvgIpc) is 2.40. The minimum Gasteiger partial charge on any atom is -0.453 e. The van der Waals surface area contributed by atoms with Crippen LogP contribution in [0.2, 0.25) is 0 Å². The fourth-order valence-electron chi connectivity index (χ4n) is 2.39. The highest BCUT2D eigenvalue weighted by Crippen LogP contribution is 2.35. The Morgan fingerprint density at radius 3 is 2.50 bits per heavy atom. The topological polar surface area (TPSA) is 38.3 Å². The van der Waals surface area contributed by atoms with Gasteiger partial charge in [-0.05, 0) is 25.6 Å². The van der Waals surface area contributed by atoms with E-state index in [4.69, 9.17) is 4.74 Å². The molecular formula is C14H19NO2S. The summed E-state index contributed by atoms with van der Waals surface area (Å²) in [7, 11) is 0. The fraction of sp³-hybridized carbons (Fsp3) is 0.500. The number of piperidine rings is 1. The smallest absolute Gasteiger partial charge is 0.316 e. The van der Waals surface area contributed by atoms with Crippen LogP contribution >= 0.6 is 12.6 Å². The molecule has 0 atom stereocenters. The molecule has 0 unspecified atom stereocenters. The van der Waals surface area contributed by atoms with E-state index < -0.39 is 5.60 Å². The van der Waals surface area contributed by atoms with Crippen molar-refractivity contribution < 1.29 is 9.53 Å². The fourth-order valence-corrected chi connectivity index (χ4v) is 2.45. The summed E-state index contributed by atoms with van der Waals surface area (Å²) in [6, 6.07) is 8.25. The van der Waals surface area contributed by atoms with E-state index in [0.717, 1.165) is 31.5 Å². The molecule has 2 rings (SSSR count). The second-order valence-corrected chi connectivity index (χ2v) is 5.06. The normalized spacial score (nSPS) is 18.3. The summed E-state index contributed by atoms with van der Waals surface area (Å²) < 4.78 is 5.70. The standard InChI is InChI=1S/C14H19NO2S/c1-11-2-4-12(5-3-11)14(17-13(16)10-18)6-8-15-9-7-14/h2-5,15,18H,6-10H2,1H3. The van der Waals surface area contributed by atoms with E-state index in [9.17, 15) is 4.79 Å². The zero-order chi connectivity index (χ0) is 13.0. The molecule has 4 heteroatoms. The summed E-state index contributed by atoms with van der Waals surface area (Å²) in [5, 5.41) is 3.30. The summed E-state index contributed by atoms with van der Waals surface area (Å²) in [6.45, 7) is 3.79. The van der Waals surface area contributed by atoms with Crippen LogP contribution in [0.4, 0.5) is 0 Å². The van der Waals surface area contributed by atoms with E-state index in [1.807, 2.05) is 0 Å². The van der Waals surface area contributed by atoms with E-state index in [1.165, 1.54) is 5.56 Å². The maximum atomic E-state index is 11.6. The Morgan fingerprint density at radius 2 is 1.94 bits per heavy atom. The zero-order valence-electron chi connectivity index (χ0n) is 10.6. The molecule has 1 fully saturated rings. The van der Waals surface area contributed by atoms with E-state index >= 15 is 0 Å². The third-order valence-electron chi connectivity index (χ3n) is 3.43. The quantitative estimate of drug-likeness (QED) is 0.649. The predicted octanol–water partition coefficient (Wildman–Crippen LogP) is 2.05. The second-order valence-electron chi connectivity index (χ2n) is 4.74. The Balaban J connectivity index is 2.28. The van der Waals surface area contributed by atoms with Crippen LogP contribution in [-0.4, -0.2) is 24.8 Å². The zero-order valence-corrected chi connectivity index (χ0v) is 11.5. The lowest BCUT2D eigenvalue weighted by Crippen LogP contribution is -2.43. The number of hydrogen-bond acceptors (Lipinski definition) is 4. The highest BCUT2D eigenvalue weighted by molar-refractivity contribution is 7.81. The summed E-state index contributed by atoms with van der Waals surface area (Å²) in [5.74, 6) is -0.123. The lowest BCUT2D eigenvalue weighted by molar-refractivity contribution is -0.160. The molecule has 0 saturated carbocycles. The van der Waals surface area contributed by atoms with Crippen LogP contribution in [-0.2, 0) is 15.1 Å². The van der Waals surface area contributed by atoms with E-state index in [2.05, 4.69) is 49.1 Å². The van der Waals surface area contributed by atoms with E-state index in [1.54, 1.807) is 0 Å². The Bertz CT molecular complexity index is 410. The van der Waals surface area contributed by atoms with Gasteiger partial charge in [-0.1, -0.05) is 29.8 Å². The molecule has 1 aromatic carbocycles. The average molecular weight is 265 g/mol.